The lowest BCUT2D eigenvalue weighted by Gasteiger charge is -2.26. The number of hydrogen-bond acceptors (Lipinski definition) is 4. The average Bonchev–Trinajstić information content (AvgIpc) is 3.33. The van der Waals surface area contributed by atoms with Crippen molar-refractivity contribution >= 4 is 5.97 Å². The summed E-state index contributed by atoms with van der Waals surface area (Å²) in [6, 6.07) is 10.8. The first-order chi connectivity index (χ1) is 13.6. The number of aliphatic hydroxyl groups excluding tert-OH is 1. The van der Waals surface area contributed by atoms with Gasteiger partial charge in [-0.15, -0.1) is 0 Å². The molecule has 2 bridgehead atoms. The van der Waals surface area contributed by atoms with Crippen molar-refractivity contribution in [2.75, 3.05) is 0 Å². The number of aromatic nitrogens is 1. The number of ether oxygens (including phenoxy) is 1. The Morgan fingerprint density at radius 1 is 1.21 bits per heavy atom. The molecule has 3 heterocycles. The van der Waals surface area contributed by atoms with E-state index in [-0.39, 0.29) is 12.2 Å². The summed E-state index contributed by atoms with van der Waals surface area (Å²) in [5.41, 5.74) is 2.25. The summed E-state index contributed by atoms with van der Waals surface area (Å²) in [6.07, 6.45) is 11.3. The Balaban J connectivity index is 1.40. The molecule has 0 spiro atoms. The third-order valence-corrected chi connectivity index (χ3v) is 6.00. The van der Waals surface area contributed by atoms with Crippen LogP contribution in [0.2, 0.25) is 0 Å². The molecule has 146 valence electrons. The number of hydrogen-bond donors (Lipinski definition) is 2. The van der Waals surface area contributed by atoms with Gasteiger partial charge >= 0.3 is 5.97 Å². The molecule has 5 heteroatoms. The van der Waals surface area contributed by atoms with Crippen LogP contribution in [-0.2, 0) is 11.2 Å². The lowest BCUT2D eigenvalue weighted by molar-refractivity contribution is 0.0697. The number of aryl methyl sites for hydroxylation is 1. The van der Waals surface area contributed by atoms with Crippen molar-refractivity contribution in [3.8, 4) is 0 Å². The van der Waals surface area contributed by atoms with Crippen LogP contribution in [0.15, 0.2) is 60.9 Å². The smallest absolute Gasteiger partial charge is 0.335 e. The predicted molar refractivity (Wildman–Crippen MR) is 105 cm³/mol. The number of carbonyl (C=O) groups is 1. The number of benzene rings is 1. The summed E-state index contributed by atoms with van der Waals surface area (Å²) in [6.45, 7) is 0. The van der Waals surface area contributed by atoms with Crippen molar-refractivity contribution < 1.29 is 19.7 Å². The lowest BCUT2D eigenvalue weighted by atomic mass is 9.76. The van der Waals surface area contributed by atoms with Crippen LogP contribution >= 0.6 is 0 Å². The summed E-state index contributed by atoms with van der Waals surface area (Å²) in [5.74, 6) is -0.163. The van der Waals surface area contributed by atoms with Gasteiger partial charge in [0, 0.05) is 23.9 Å². The van der Waals surface area contributed by atoms with Gasteiger partial charge in [-0.1, -0.05) is 30.4 Å². The standard InChI is InChI=1S/C23H25NO4/c25-20(17-2-1-13-24-14-17)10-9-19-18(21-11-12-22(19)28-21)8-5-15-3-6-16(7-4-15)23(26)27/h1-4,6-7,9-10,13-14,18-22,25H,5,8,11-12H2,(H,26,27)/t18-,19-,20?,21+,22-/m0/s1. The van der Waals surface area contributed by atoms with E-state index >= 15 is 0 Å². The first-order valence-electron chi connectivity index (χ1n) is 9.86. The molecule has 0 amide bonds. The second-order valence-electron chi connectivity index (χ2n) is 7.69. The van der Waals surface area contributed by atoms with E-state index < -0.39 is 12.1 Å². The first-order valence-corrected chi connectivity index (χ1v) is 9.86. The summed E-state index contributed by atoms with van der Waals surface area (Å²) >= 11 is 0. The highest BCUT2D eigenvalue weighted by atomic mass is 16.5. The van der Waals surface area contributed by atoms with Crippen LogP contribution in [0.4, 0.5) is 0 Å². The predicted octanol–water partition coefficient (Wildman–Crippen LogP) is 3.80. The highest BCUT2D eigenvalue weighted by Gasteiger charge is 2.47. The van der Waals surface area contributed by atoms with Crippen molar-refractivity contribution in [1.82, 2.24) is 4.98 Å². The zero-order valence-electron chi connectivity index (χ0n) is 15.6. The molecule has 2 aliphatic rings. The molecule has 4 rings (SSSR count). The summed E-state index contributed by atoms with van der Waals surface area (Å²) in [5, 5.41) is 19.4. The van der Waals surface area contributed by atoms with Crippen LogP contribution in [0.3, 0.4) is 0 Å². The van der Waals surface area contributed by atoms with Crippen molar-refractivity contribution in [1.29, 1.82) is 0 Å². The van der Waals surface area contributed by atoms with Gasteiger partial charge in [0.2, 0.25) is 0 Å². The molecule has 5 atom stereocenters. The number of aliphatic hydroxyl groups is 1. The fourth-order valence-electron chi connectivity index (χ4n) is 4.50. The van der Waals surface area contributed by atoms with Gasteiger partial charge < -0.3 is 14.9 Å². The summed E-state index contributed by atoms with van der Waals surface area (Å²) in [7, 11) is 0. The van der Waals surface area contributed by atoms with Gasteiger partial charge in [0.25, 0.3) is 0 Å². The van der Waals surface area contributed by atoms with Crippen molar-refractivity contribution in [2.45, 2.75) is 44.0 Å². The molecule has 1 aromatic heterocycles. The Kier molecular flexibility index (Phi) is 5.55. The zero-order chi connectivity index (χ0) is 19.5. The highest BCUT2D eigenvalue weighted by molar-refractivity contribution is 5.87. The van der Waals surface area contributed by atoms with Gasteiger partial charge in [-0.25, -0.2) is 4.79 Å². The Hall–Kier alpha value is -2.50. The van der Waals surface area contributed by atoms with Crippen molar-refractivity contribution in [3.63, 3.8) is 0 Å². The average molecular weight is 379 g/mol. The Morgan fingerprint density at radius 2 is 2.00 bits per heavy atom. The topological polar surface area (TPSA) is 79.7 Å². The maximum absolute atomic E-state index is 11.0. The summed E-state index contributed by atoms with van der Waals surface area (Å²) < 4.78 is 6.15. The second-order valence-corrected chi connectivity index (χ2v) is 7.69. The van der Waals surface area contributed by atoms with Crippen LogP contribution in [-0.4, -0.2) is 33.4 Å². The van der Waals surface area contributed by atoms with Gasteiger partial charge in [0.05, 0.1) is 23.9 Å². The third-order valence-electron chi connectivity index (χ3n) is 6.00. The second kappa shape index (κ2) is 8.25. The molecule has 2 aromatic rings. The minimum atomic E-state index is -0.898. The number of carboxylic acids is 1. The van der Waals surface area contributed by atoms with Gasteiger partial charge in [0.15, 0.2) is 0 Å². The monoisotopic (exact) mass is 379 g/mol. The van der Waals surface area contributed by atoms with Crippen LogP contribution in [0, 0.1) is 11.8 Å². The van der Waals surface area contributed by atoms with Crippen molar-refractivity contribution in [3.05, 3.63) is 77.6 Å². The number of rotatable bonds is 7. The Bertz CT molecular complexity index is 833. The number of nitrogens with zero attached hydrogens (tertiary/aromatic N) is 1. The first kappa shape index (κ1) is 18.8. The van der Waals surface area contributed by atoms with E-state index in [0.29, 0.717) is 17.4 Å². The molecule has 5 nitrogen and oxygen atoms in total. The molecule has 2 saturated heterocycles. The van der Waals surface area contributed by atoms with Crippen molar-refractivity contribution in [2.24, 2.45) is 11.8 Å². The Labute approximate surface area is 164 Å². The SMILES string of the molecule is O=C(O)c1ccc(CC[C@H]2[C@H](C=CC(O)c3cccnc3)[C@@H]3CC[C@H]2O3)cc1. The molecule has 0 aliphatic carbocycles. The molecular weight excluding hydrogens is 354 g/mol. The third kappa shape index (κ3) is 4.01. The molecule has 2 N–H and O–H groups in total. The van der Waals surface area contributed by atoms with Gasteiger partial charge in [-0.3, -0.25) is 4.98 Å². The van der Waals surface area contributed by atoms with E-state index in [0.717, 1.165) is 36.8 Å². The van der Waals surface area contributed by atoms with Crippen LogP contribution in [0.25, 0.3) is 0 Å². The van der Waals surface area contributed by atoms with Crippen LogP contribution < -0.4 is 0 Å². The maximum atomic E-state index is 11.0. The molecule has 2 aliphatic heterocycles. The minimum absolute atomic E-state index is 0.238. The normalized spacial score (nSPS) is 27.3. The van der Waals surface area contributed by atoms with E-state index in [4.69, 9.17) is 9.84 Å². The number of fused-ring (bicyclic) bond motifs is 2. The quantitative estimate of drug-likeness (QED) is 0.716. The van der Waals surface area contributed by atoms with Gasteiger partial charge in [-0.05, 0) is 55.4 Å². The summed E-state index contributed by atoms with van der Waals surface area (Å²) in [4.78, 5) is 15.1. The molecular formula is C23H25NO4. The maximum Gasteiger partial charge on any atom is 0.335 e. The van der Waals surface area contributed by atoms with Gasteiger partial charge in [0.1, 0.15) is 0 Å². The zero-order valence-corrected chi connectivity index (χ0v) is 15.6. The molecule has 0 saturated carbocycles. The molecule has 2 fully saturated rings. The minimum Gasteiger partial charge on any atom is -0.478 e. The van der Waals surface area contributed by atoms with E-state index in [2.05, 4.69) is 11.1 Å². The van der Waals surface area contributed by atoms with Gasteiger partial charge in [-0.2, -0.15) is 0 Å². The molecule has 28 heavy (non-hydrogen) atoms. The fraction of sp³-hybridized carbons (Fsp3) is 0.391. The van der Waals surface area contributed by atoms with E-state index in [1.807, 2.05) is 30.3 Å². The number of carboxylic acid groups (broad SMARTS) is 1. The van der Waals surface area contributed by atoms with Crippen LogP contribution in [0.5, 0.6) is 0 Å². The molecule has 0 radical (unpaired) electrons. The molecule has 1 unspecified atom stereocenters. The number of pyridine rings is 1. The van der Waals surface area contributed by atoms with E-state index in [1.165, 1.54) is 0 Å². The van der Waals surface area contributed by atoms with Crippen LogP contribution in [0.1, 0.15) is 46.9 Å². The largest absolute Gasteiger partial charge is 0.478 e. The van der Waals surface area contributed by atoms with E-state index in [1.54, 1.807) is 24.5 Å². The fourth-order valence-corrected chi connectivity index (χ4v) is 4.50. The molecule has 1 aromatic carbocycles. The lowest BCUT2D eigenvalue weighted by Crippen LogP contribution is -2.26. The number of aromatic carboxylic acids is 1. The Morgan fingerprint density at radius 3 is 2.71 bits per heavy atom. The highest BCUT2D eigenvalue weighted by Crippen LogP contribution is 2.46. The van der Waals surface area contributed by atoms with E-state index in [9.17, 15) is 9.90 Å².